The molecular formula is C11H17N5O3. The fourth-order valence-corrected chi connectivity index (χ4v) is 2.28. The molecule has 0 spiro atoms. The summed E-state index contributed by atoms with van der Waals surface area (Å²) >= 11 is 0. The molecule has 1 amide bonds. The van der Waals surface area contributed by atoms with Gasteiger partial charge in [0, 0.05) is 27.2 Å². The van der Waals surface area contributed by atoms with Gasteiger partial charge in [0.25, 0.3) is 5.56 Å². The van der Waals surface area contributed by atoms with Crippen molar-refractivity contribution in [3.63, 3.8) is 0 Å². The van der Waals surface area contributed by atoms with Gasteiger partial charge >= 0.3 is 5.69 Å². The number of aryl methyl sites for hydroxylation is 1. The van der Waals surface area contributed by atoms with E-state index >= 15 is 0 Å². The molecule has 2 rings (SSSR count). The van der Waals surface area contributed by atoms with Gasteiger partial charge in [-0.2, -0.15) is 0 Å². The van der Waals surface area contributed by atoms with Crippen LogP contribution in [0.15, 0.2) is 9.59 Å². The molecule has 104 valence electrons. The largest absolute Gasteiger partial charge is 0.369 e. The maximum absolute atomic E-state index is 12.0. The van der Waals surface area contributed by atoms with Gasteiger partial charge in [-0.05, 0) is 12.8 Å². The number of carbonyl (C=O) groups excluding carboxylic acids is 1. The van der Waals surface area contributed by atoms with Gasteiger partial charge in [-0.3, -0.25) is 14.2 Å². The van der Waals surface area contributed by atoms with Crippen molar-refractivity contribution in [2.75, 3.05) is 18.0 Å². The molecule has 8 heteroatoms. The van der Waals surface area contributed by atoms with E-state index in [9.17, 15) is 14.4 Å². The lowest BCUT2D eigenvalue weighted by Gasteiger charge is -2.31. The molecule has 8 nitrogen and oxygen atoms in total. The number of primary amides is 1. The number of hydrogen-bond acceptors (Lipinski definition) is 5. The summed E-state index contributed by atoms with van der Waals surface area (Å²) in [5, 5.41) is 4.00. The third kappa shape index (κ3) is 2.38. The molecule has 1 fully saturated rings. The summed E-state index contributed by atoms with van der Waals surface area (Å²) in [6.45, 7) is 1.00. The second kappa shape index (κ2) is 4.87. The molecule has 2 heterocycles. The van der Waals surface area contributed by atoms with Crippen LogP contribution >= 0.6 is 0 Å². The van der Waals surface area contributed by atoms with E-state index < -0.39 is 11.2 Å². The first-order chi connectivity index (χ1) is 8.91. The van der Waals surface area contributed by atoms with Crippen LogP contribution in [0.5, 0.6) is 0 Å². The van der Waals surface area contributed by atoms with E-state index in [2.05, 4.69) is 5.10 Å². The lowest BCUT2D eigenvalue weighted by Crippen LogP contribution is -2.47. The molecule has 0 radical (unpaired) electrons. The topological polar surface area (TPSA) is 103 Å². The van der Waals surface area contributed by atoms with E-state index in [0.29, 0.717) is 13.1 Å². The number of amides is 1. The number of aromatic nitrogens is 3. The van der Waals surface area contributed by atoms with Gasteiger partial charge in [-0.25, -0.2) is 9.48 Å². The SMILES string of the molecule is Cn1nc(N2CCC[C@H](C(N)=O)C2)c(=O)n(C)c1=O. The minimum Gasteiger partial charge on any atom is -0.369 e. The van der Waals surface area contributed by atoms with Gasteiger partial charge in [-0.15, -0.1) is 5.10 Å². The quantitative estimate of drug-likeness (QED) is 0.679. The Morgan fingerprint density at radius 3 is 2.68 bits per heavy atom. The van der Waals surface area contributed by atoms with E-state index in [0.717, 1.165) is 22.1 Å². The Morgan fingerprint density at radius 1 is 1.37 bits per heavy atom. The number of carbonyl (C=O) groups is 1. The van der Waals surface area contributed by atoms with Gasteiger partial charge in [0.05, 0.1) is 5.92 Å². The highest BCUT2D eigenvalue weighted by Gasteiger charge is 2.27. The van der Waals surface area contributed by atoms with E-state index in [1.165, 1.54) is 14.1 Å². The average molecular weight is 267 g/mol. The lowest BCUT2D eigenvalue weighted by molar-refractivity contribution is -0.122. The number of nitrogens with two attached hydrogens (primary N) is 1. The summed E-state index contributed by atoms with van der Waals surface area (Å²) in [5.74, 6) is -0.459. The van der Waals surface area contributed by atoms with Crippen LogP contribution in [0.3, 0.4) is 0 Å². The predicted molar refractivity (Wildman–Crippen MR) is 68.9 cm³/mol. The minimum absolute atomic E-state index is 0.190. The lowest BCUT2D eigenvalue weighted by atomic mass is 9.98. The summed E-state index contributed by atoms with van der Waals surface area (Å²) in [6.07, 6.45) is 1.49. The second-order valence-electron chi connectivity index (χ2n) is 4.78. The van der Waals surface area contributed by atoms with Gasteiger partial charge in [0.2, 0.25) is 11.7 Å². The summed E-state index contributed by atoms with van der Waals surface area (Å²) in [6, 6.07) is 0. The van der Waals surface area contributed by atoms with Crippen molar-refractivity contribution in [2.45, 2.75) is 12.8 Å². The third-order valence-corrected chi connectivity index (χ3v) is 3.43. The first kappa shape index (κ1) is 13.3. The number of rotatable bonds is 2. The Bertz CT molecular complexity index is 618. The zero-order valence-electron chi connectivity index (χ0n) is 11.0. The van der Waals surface area contributed by atoms with Gasteiger partial charge < -0.3 is 10.6 Å². The second-order valence-corrected chi connectivity index (χ2v) is 4.78. The Kier molecular flexibility index (Phi) is 3.41. The minimum atomic E-state index is -0.475. The van der Waals surface area contributed by atoms with Crippen molar-refractivity contribution in [3.05, 3.63) is 20.8 Å². The fourth-order valence-electron chi connectivity index (χ4n) is 2.28. The van der Waals surface area contributed by atoms with Crippen LogP contribution in [0.4, 0.5) is 5.82 Å². The van der Waals surface area contributed by atoms with Crippen LogP contribution in [0.1, 0.15) is 12.8 Å². The van der Waals surface area contributed by atoms with Crippen molar-refractivity contribution in [1.29, 1.82) is 0 Å². The molecule has 1 aliphatic heterocycles. The van der Waals surface area contributed by atoms with Crippen LogP contribution in [0.25, 0.3) is 0 Å². The van der Waals surface area contributed by atoms with Crippen molar-refractivity contribution >= 4 is 11.7 Å². The van der Waals surface area contributed by atoms with Crippen LogP contribution in [-0.4, -0.2) is 33.3 Å². The van der Waals surface area contributed by atoms with Crippen LogP contribution < -0.4 is 21.9 Å². The molecule has 1 saturated heterocycles. The molecule has 0 bridgehead atoms. The van der Waals surface area contributed by atoms with Crippen molar-refractivity contribution in [3.8, 4) is 0 Å². The molecule has 2 N–H and O–H groups in total. The first-order valence-corrected chi connectivity index (χ1v) is 6.10. The summed E-state index contributed by atoms with van der Waals surface area (Å²) in [4.78, 5) is 36.6. The maximum Gasteiger partial charge on any atom is 0.346 e. The number of hydrogen-bond donors (Lipinski definition) is 1. The highest BCUT2D eigenvalue weighted by atomic mass is 16.2. The number of nitrogens with zero attached hydrogens (tertiary/aromatic N) is 4. The number of piperidine rings is 1. The molecule has 19 heavy (non-hydrogen) atoms. The maximum atomic E-state index is 12.0. The van der Waals surface area contributed by atoms with E-state index in [1.54, 1.807) is 4.90 Å². The molecular weight excluding hydrogens is 250 g/mol. The molecule has 0 saturated carbocycles. The zero-order valence-corrected chi connectivity index (χ0v) is 11.0. The first-order valence-electron chi connectivity index (χ1n) is 6.10. The Morgan fingerprint density at radius 2 is 2.05 bits per heavy atom. The Labute approximate surface area is 109 Å². The average Bonchev–Trinajstić information content (AvgIpc) is 2.40. The predicted octanol–water partition coefficient (Wildman–Crippen LogP) is -1.82. The van der Waals surface area contributed by atoms with E-state index in [1.807, 2.05) is 0 Å². The van der Waals surface area contributed by atoms with Crippen LogP contribution in [-0.2, 0) is 18.9 Å². The van der Waals surface area contributed by atoms with Gasteiger partial charge in [0.1, 0.15) is 0 Å². The molecule has 1 atom stereocenters. The van der Waals surface area contributed by atoms with Crippen LogP contribution in [0.2, 0.25) is 0 Å². The Balaban J connectivity index is 2.40. The summed E-state index contributed by atoms with van der Waals surface area (Å²) in [5.41, 5.74) is 4.38. The summed E-state index contributed by atoms with van der Waals surface area (Å²) < 4.78 is 2.13. The van der Waals surface area contributed by atoms with E-state index in [4.69, 9.17) is 5.73 Å². The normalized spacial score (nSPS) is 19.5. The van der Waals surface area contributed by atoms with Crippen molar-refractivity contribution in [1.82, 2.24) is 14.3 Å². The molecule has 1 aliphatic rings. The molecule has 0 unspecified atom stereocenters. The Hall–Kier alpha value is -2.12. The monoisotopic (exact) mass is 267 g/mol. The fraction of sp³-hybridized carbons (Fsp3) is 0.636. The van der Waals surface area contributed by atoms with Crippen LogP contribution in [0, 0.1) is 5.92 Å². The standard InChI is InChI=1S/C11H17N5O3/c1-14-10(18)9(13-15(2)11(14)19)16-5-3-4-7(6-16)8(12)17/h7H,3-6H2,1-2H3,(H2,12,17)/t7-/m0/s1. The smallest absolute Gasteiger partial charge is 0.346 e. The molecule has 0 aliphatic carbocycles. The third-order valence-electron chi connectivity index (χ3n) is 3.43. The molecule has 1 aromatic rings. The van der Waals surface area contributed by atoms with E-state index in [-0.39, 0.29) is 17.6 Å². The van der Waals surface area contributed by atoms with Gasteiger partial charge in [-0.1, -0.05) is 0 Å². The summed E-state index contributed by atoms with van der Waals surface area (Å²) in [7, 11) is 2.89. The van der Waals surface area contributed by atoms with Gasteiger partial charge in [0.15, 0.2) is 0 Å². The van der Waals surface area contributed by atoms with Crippen molar-refractivity contribution < 1.29 is 4.79 Å². The number of anilines is 1. The molecule has 0 aromatic carbocycles. The molecule has 1 aromatic heterocycles. The highest BCUT2D eigenvalue weighted by molar-refractivity contribution is 5.77. The van der Waals surface area contributed by atoms with Crippen molar-refractivity contribution in [2.24, 2.45) is 25.7 Å². The highest BCUT2D eigenvalue weighted by Crippen LogP contribution is 2.18. The zero-order chi connectivity index (χ0) is 14.2.